The van der Waals surface area contributed by atoms with E-state index in [0.29, 0.717) is 6.61 Å². The largest absolute Gasteiger partial charge is 0.750 e. The summed E-state index contributed by atoms with van der Waals surface area (Å²) in [5.74, 6) is 0. The van der Waals surface area contributed by atoms with Crippen LogP contribution in [0.2, 0.25) is 0 Å². The zero-order valence-corrected chi connectivity index (χ0v) is 5.27. The van der Waals surface area contributed by atoms with E-state index >= 15 is 0 Å². The van der Waals surface area contributed by atoms with Crippen LogP contribution in [0, 0.1) is 0 Å². The minimum absolute atomic E-state index is 0.188. The molecule has 50 valence electrons. The summed E-state index contributed by atoms with van der Waals surface area (Å²) in [5.41, 5.74) is 0. The lowest BCUT2D eigenvalue weighted by atomic mass is 10.9. The molecule has 0 spiro atoms. The van der Waals surface area contributed by atoms with Gasteiger partial charge in [0.1, 0.15) is 0 Å². The van der Waals surface area contributed by atoms with E-state index in [1.54, 1.807) is 6.92 Å². The summed E-state index contributed by atoms with van der Waals surface area (Å²) in [4.78, 5) is 0. The highest BCUT2D eigenvalue weighted by Crippen LogP contribution is 1.78. The molecule has 0 aliphatic carbocycles. The molecular weight excluding hydrogens is 132 g/mol. The molecule has 0 bridgehead atoms. The number of ether oxygens (including phenoxy) is 1. The number of rotatable bonds is 4. The highest BCUT2D eigenvalue weighted by atomic mass is 32.2. The third-order valence-electron chi connectivity index (χ3n) is 0.432. The van der Waals surface area contributed by atoms with Gasteiger partial charge < -0.3 is 9.29 Å². The van der Waals surface area contributed by atoms with Gasteiger partial charge in [-0.15, -0.1) is 0 Å². The molecule has 0 radical (unpaired) electrons. The molecule has 0 amide bonds. The van der Waals surface area contributed by atoms with E-state index in [4.69, 9.17) is 0 Å². The van der Waals surface area contributed by atoms with Crippen molar-refractivity contribution in [3.8, 4) is 0 Å². The predicted molar refractivity (Wildman–Crippen MR) is 26.5 cm³/mol. The van der Waals surface area contributed by atoms with Crippen LogP contribution < -0.4 is 0 Å². The van der Waals surface area contributed by atoms with E-state index in [1.807, 2.05) is 0 Å². The molecule has 4 nitrogen and oxygen atoms in total. The van der Waals surface area contributed by atoms with E-state index < -0.39 is 11.4 Å². The highest BCUT2D eigenvalue weighted by molar-refractivity contribution is 7.74. The zero-order chi connectivity index (χ0) is 6.41. The average molecular weight is 139 g/mol. The molecule has 0 aromatic rings. The minimum Gasteiger partial charge on any atom is -0.750 e. The van der Waals surface area contributed by atoms with E-state index in [9.17, 15) is 8.76 Å². The van der Waals surface area contributed by atoms with Crippen LogP contribution in [0.15, 0.2) is 0 Å². The Hall–Kier alpha value is 0.0300. The lowest BCUT2D eigenvalue weighted by Crippen LogP contribution is -2.01. The fraction of sp³-hybridized carbons (Fsp3) is 1.00. The molecule has 0 fully saturated rings. The van der Waals surface area contributed by atoms with Crippen molar-refractivity contribution < 1.29 is 17.7 Å². The monoisotopic (exact) mass is 139 g/mol. The van der Waals surface area contributed by atoms with E-state index in [-0.39, 0.29) is 6.79 Å². The van der Waals surface area contributed by atoms with Gasteiger partial charge in [0.05, 0.1) is 11.4 Å². The summed E-state index contributed by atoms with van der Waals surface area (Å²) in [6.07, 6.45) is 0. The Morgan fingerprint density at radius 3 is 2.75 bits per heavy atom. The second-order valence-corrected chi connectivity index (χ2v) is 1.58. The molecule has 0 aliphatic heterocycles. The van der Waals surface area contributed by atoms with Crippen molar-refractivity contribution in [2.24, 2.45) is 0 Å². The molecule has 0 heterocycles. The van der Waals surface area contributed by atoms with Crippen molar-refractivity contribution in [3.05, 3.63) is 0 Å². The average Bonchev–Trinajstić information content (AvgIpc) is 1.66. The predicted octanol–water partition coefficient (Wildman–Crippen LogP) is -0.209. The van der Waals surface area contributed by atoms with Crippen molar-refractivity contribution >= 4 is 11.4 Å². The maximum absolute atomic E-state index is 9.57. The van der Waals surface area contributed by atoms with Gasteiger partial charge in [-0.1, -0.05) is 0 Å². The van der Waals surface area contributed by atoms with Gasteiger partial charge in [0.2, 0.25) is 0 Å². The molecule has 0 aromatic heterocycles. The summed E-state index contributed by atoms with van der Waals surface area (Å²) >= 11 is -2.44. The molecule has 1 unspecified atom stereocenters. The zero-order valence-electron chi connectivity index (χ0n) is 4.46. The van der Waals surface area contributed by atoms with Crippen LogP contribution in [0.25, 0.3) is 0 Å². The molecule has 8 heavy (non-hydrogen) atoms. The maximum atomic E-state index is 9.57. The lowest BCUT2D eigenvalue weighted by Gasteiger charge is -2.03. The molecule has 0 saturated carbocycles. The molecule has 0 saturated heterocycles. The highest BCUT2D eigenvalue weighted by Gasteiger charge is 1.80. The van der Waals surface area contributed by atoms with E-state index in [2.05, 4.69) is 8.92 Å². The van der Waals surface area contributed by atoms with Gasteiger partial charge in [-0.2, -0.15) is 0 Å². The van der Waals surface area contributed by atoms with Crippen molar-refractivity contribution in [1.82, 2.24) is 0 Å². The van der Waals surface area contributed by atoms with Gasteiger partial charge in [-0.25, -0.2) is 4.21 Å². The first kappa shape index (κ1) is 8.03. The van der Waals surface area contributed by atoms with Gasteiger partial charge in [-0.05, 0) is 6.92 Å². The fourth-order valence-electron chi connectivity index (χ4n) is 0.157. The Labute approximate surface area is 50.3 Å². The van der Waals surface area contributed by atoms with E-state index in [1.165, 1.54) is 0 Å². The van der Waals surface area contributed by atoms with Crippen LogP contribution >= 0.6 is 0 Å². The minimum atomic E-state index is -2.44. The fourth-order valence-corrected chi connectivity index (χ4v) is 0.303. The first-order valence-electron chi connectivity index (χ1n) is 2.07. The standard InChI is InChI=1S/C3H8O4S/c1-2-6-3-7-8(4)5/h2-3H2,1H3,(H,4,5)/p-1. The van der Waals surface area contributed by atoms with Gasteiger partial charge in [0, 0.05) is 6.61 Å². The van der Waals surface area contributed by atoms with E-state index in [0.717, 1.165) is 0 Å². The molecule has 1 atom stereocenters. The van der Waals surface area contributed by atoms with Crippen LogP contribution in [0.4, 0.5) is 0 Å². The molecule has 0 rings (SSSR count). The van der Waals surface area contributed by atoms with Crippen molar-refractivity contribution in [2.75, 3.05) is 13.4 Å². The maximum Gasteiger partial charge on any atom is 0.161 e. The Morgan fingerprint density at radius 1 is 1.75 bits per heavy atom. The topological polar surface area (TPSA) is 58.6 Å². The van der Waals surface area contributed by atoms with Crippen LogP contribution in [-0.2, 0) is 20.3 Å². The van der Waals surface area contributed by atoms with Crippen molar-refractivity contribution in [1.29, 1.82) is 0 Å². The van der Waals surface area contributed by atoms with Crippen LogP contribution in [0.5, 0.6) is 0 Å². The number of hydrogen-bond donors (Lipinski definition) is 0. The quantitative estimate of drug-likeness (QED) is 0.307. The van der Waals surface area contributed by atoms with Crippen LogP contribution in [0.1, 0.15) is 6.92 Å². The second kappa shape index (κ2) is 5.17. The third-order valence-corrected chi connectivity index (χ3v) is 0.720. The van der Waals surface area contributed by atoms with Gasteiger partial charge in [0.25, 0.3) is 0 Å². The smallest absolute Gasteiger partial charge is 0.161 e. The van der Waals surface area contributed by atoms with Gasteiger partial charge in [-0.3, -0.25) is 4.18 Å². The lowest BCUT2D eigenvalue weighted by molar-refractivity contribution is 0.0251. The van der Waals surface area contributed by atoms with Crippen LogP contribution in [0.3, 0.4) is 0 Å². The summed E-state index contributed by atoms with van der Waals surface area (Å²) in [7, 11) is 0. The van der Waals surface area contributed by atoms with Crippen molar-refractivity contribution in [3.63, 3.8) is 0 Å². The Bertz CT molecular complexity index is 73.7. The molecule has 0 N–H and O–H groups in total. The summed E-state index contributed by atoms with van der Waals surface area (Å²) in [6.45, 7) is 2.01. The Balaban J connectivity index is 2.82. The molecule has 5 heteroatoms. The van der Waals surface area contributed by atoms with Gasteiger partial charge in [0.15, 0.2) is 6.79 Å². The summed E-state index contributed by atoms with van der Waals surface area (Å²) < 4.78 is 27.6. The molecule has 0 aliphatic rings. The third kappa shape index (κ3) is 6.03. The van der Waals surface area contributed by atoms with Gasteiger partial charge >= 0.3 is 0 Å². The first-order valence-corrected chi connectivity index (χ1v) is 3.07. The van der Waals surface area contributed by atoms with Crippen LogP contribution in [-0.4, -0.2) is 22.2 Å². The summed E-state index contributed by atoms with van der Waals surface area (Å²) in [5, 5.41) is 0. The Morgan fingerprint density at radius 2 is 2.38 bits per heavy atom. The second-order valence-electron chi connectivity index (χ2n) is 0.933. The first-order chi connectivity index (χ1) is 3.77. The Kier molecular flexibility index (Phi) is 5.19. The van der Waals surface area contributed by atoms with Crippen molar-refractivity contribution in [2.45, 2.75) is 6.92 Å². The normalized spacial score (nSPS) is 13.8. The molecular formula is C3H7O4S-. The molecule has 0 aromatic carbocycles. The SMILES string of the molecule is CCOCOS(=O)[O-]. The summed E-state index contributed by atoms with van der Waals surface area (Å²) in [6, 6.07) is 0. The number of hydrogen-bond acceptors (Lipinski definition) is 4.